The van der Waals surface area contributed by atoms with Gasteiger partial charge in [0.1, 0.15) is 0 Å². The summed E-state index contributed by atoms with van der Waals surface area (Å²) < 4.78 is 38.9. The van der Waals surface area contributed by atoms with E-state index in [2.05, 4.69) is 0 Å². The van der Waals surface area contributed by atoms with E-state index in [1.807, 2.05) is 42.5 Å². The Bertz CT molecular complexity index is 923. The van der Waals surface area contributed by atoms with Crippen molar-refractivity contribution >= 4 is 22.6 Å². The second-order valence-corrected chi connectivity index (χ2v) is 5.35. The quantitative estimate of drug-likeness (QED) is 0.442. The number of halogens is 3. The number of benzene rings is 3. The lowest BCUT2D eigenvalue weighted by Gasteiger charge is -2.10. The fourth-order valence-corrected chi connectivity index (χ4v) is 2.52. The van der Waals surface area contributed by atoms with Crippen LogP contribution in [0.1, 0.15) is 21.5 Å². The number of rotatable bonds is 3. The molecule has 0 aliphatic carbocycles. The Morgan fingerprint density at radius 1 is 0.833 bits per heavy atom. The zero-order valence-electron chi connectivity index (χ0n) is 12.5. The van der Waals surface area contributed by atoms with Crippen LogP contribution < -0.4 is 0 Å². The summed E-state index contributed by atoms with van der Waals surface area (Å²) in [5, 5.41) is 2.06. The molecule has 0 radical (unpaired) electrons. The maximum Gasteiger partial charge on any atom is 0.417 e. The molecule has 3 aromatic rings. The van der Waals surface area contributed by atoms with E-state index < -0.39 is 17.5 Å². The van der Waals surface area contributed by atoms with E-state index in [4.69, 9.17) is 0 Å². The van der Waals surface area contributed by atoms with E-state index in [9.17, 15) is 18.0 Å². The highest BCUT2D eigenvalue weighted by Gasteiger charge is 2.34. The lowest BCUT2D eigenvalue weighted by Crippen LogP contribution is -2.11. The Morgan fingerprint density at radius 3 is 2.25 bits per heavy atom. The van der Waals surface area contributed by atoms with E-state index >= 15 is 0 Å². The van der Waals surface area contributed by atoms with Crippen molar-refractivity contribution in [1.29, 1.82) is 0 Å². The molecule has 0 bridgehead atoms. The first kappa shape index (κ1) is 16.0. The summed E-state index contributed by atoms with van der Waals surface area (Å²) in [5.41, 5.74) is -0.508. The first-order valence-electron chi connectivity index (χ1n) is 7.32. The zero-order chi connectivity index (χ0) is 17.2. The van der Waals surface area contributed by atoms with Gasteiger partial charge in [-0.1, -0.05) is 60.7 Å². The van der Waals surface area contributed by atoms with Crippen LogP contribution in [0.25, 0.3) is 16.8 Å². The molecule has 3 aromatic carbocycles. The van der Waals surface area contributed by atoms with Gasteiger partial charge in [-0.25, -0.2) is 0 Å². The minimum atomic E-state index is -4.55. The Labute approximate surface area is 137 Å². The number of fused-ring (bicyclic) bond motifs is 1. The molecule has 24 heavy (non-hydrogen) atoms. The standard InChI is InChI=1S/C20H13F3O/c21-20(22,23)18-8-4-3-7-17(18)19(24)12-10-14-9-11-15-5-1-2-6-16(15)13-14/h1-13H/b12-10+. The van der Waals surface area contributed by atoms with E-state index in [1.54, 1.807) is 0 Å². The molecule has 0 saturated heterocycles. The smallest absolute Gasteiger partial charge is 0.289 e. The molecular weight excluding hydrogens is 313 g/mol. The van der Waals surface area contributed by atoms with Crippen molar-refractivity contribution in [2.45, 2.75) is 6.18 Å². The summed E-state index contributed by atoms with van der Waals surface area (Å²) in [6.07, 6.45) is -1.85. The van der Waals surface area contributed by atoms with Gasteiger partial charge in [0.15, 0.2) is 5.78 Å². The summed E-state index contributed by atoms with van der Waals surface area (Å²) in [6.45, 7) is 0. The Balaban J connectivity index is 1.90. The number of hydrogen-bond acceptors (Lipinski definition) is 1. The SMILES string of the molecule is O=C(/C=C/c1ccc2ccccc2c1)c1ccccc1C(F)(F)F. The van der Waals surface area contributed by atoms with E-state index in [0.29, 0.717) is 0 Å². The van der Waals surface area contributed by atoms with Gasteiger partial charge in [0.25, 0.3) is 0 Å². The average molecular weight is 326 g/mol. The van der Waals surface area contributed by atoms with Crippen molar-refractivity contribution in [1.82, 2.24) is 0 Å². The highest BCUT2D eigenvalue weighted by molar-refractivity contribution is 6.08. The minimum absolute atomic E-state index is 0.345. The summed E-state index contributed by atoms with van der Waals surface area (Å²) >= 11 is 0. The largest absolute Gasteiger partial charge is 0.417 e. The van der Waals surface area contributed by atoms with Crippen molar-refractivity contribution < 1.29 is 18.0 Å². The van der Waals surface area contributed by atoms with Crippen LogP contribution in [0.5, 0.6) is 0 Å². The molecule has 0 aliphatic heterocycles. The molecule has 0 fully saturated rings. The Hall–Kier alpha value is -2.88. The van der Waals surface area contributed by atoms with Crippen LogP contribution in [0.15, 0.2) is 72.8 Å². The highest BCUT2D eigenvalue weighted by Crippen LogP contribution is 2.32. The van der Waals surface area contributed by atoms with Gasteiger partial charge in [-0.05, 0) is 34.5 Å². The van der Waals surface area contributed by atoms with Crippen LogP contribution >= 0.6 is 0 Å². The molecule has 0 aromatic heterocycles. The molecule has 0 unspecified atom stereocenters. The maximum absolute atomic E-state index is 13.0. The molecular formula is C20H13F3O. The van der Waals surface area contributed by atoms with Crippen LogP contribution in [-0.2, 0) is 6.18 Å². The molecule has 0 N–H and O–H groups in total. The lowest BCUT2D eigenvalue weighted by atomic mass is 10.0. The third-order valence-electron chi connectivity index (χ3n) is 3.70. The average Bonchev–Trinajstić information content (AvgIpc) is 2.58. The molecule has 1 nitrogen and oxygen atoms in total. The Kier molecular flexibility index (Phi) is 4.21. The van der Waals surface area contributed by atoms with Gasteiger partial charge < -0.3 is 0 Å². The van der Waals surface area contributed by atoms with E-state index in [1.165, 1.54) is 30.4 Å². The third kappa shape index (κ3) is 3.38. The fraction of sp³-hybridized carbons (Fsp3) is 0.0500. The molecule has 0 atom stereocenters. The van der Waals surface area contributed by atoms with Gasteiger partial charge in [0.05, 0.1) is 5.56 Å². The summed E-state index contributed by atoms with van der Waals surface area (Å²) in [6, 6.07) is 18.1. The van der Waals surface area contributed by atoms with Crippen molar-refractivity contribution in [3.8, 4) is 0 Å². The predicted molar refractivity (Wildman–Crippen MR) is 88.8 cm³/mol. The van der Waals surface area contributed by atoms with Crippen molar-refractivity contribution in [3.05, 3.63) is 89.5 Å². The lowest BCUT2D eigenvalue weighted by molar-refractivity contribution is -0.137. The molecule has 4 heteroatoms. The minimum Gasteiger partial charge on any atom is -0.289 e. The monoisotopic (exact) mass is 326 g/mol. The van der Waals surface area contributed by atoms with Gasteiger partial charge in [0.2, 0.25) is 0 Å². The molecule has 0 spiro atoms. The molecule has 120 valence electrons. The van der Waals surface area contributed by atoms with Gasteiger partial charge in [-0.3, -0.25) is 4.79 Å². The van der Waals surface area contributed by atoms with Gasteiger partial charge in [-0.2, -0.15) is 13.2 Å². The maximum atomic E-state index is 13.0. The van der Waals surface area contributed by atoms with Crippen molar-refractivity contribution in [3.63, 3.8) is 0 Å². The summed E-state index contributed by atoms with van der Waals surface area (Å²) in [7, 11) is 0. The number of alkyl halides is 3. The second-order valence-electron chi connectivity index (χ2n) is 5.35. The first-order chi connectivity index (χ1) is 11.4. The molecule has 0 heterocycles. The highest BCUT2D eigenvalue weighted by atomic mass is 19.4. The second kappa shape index (κ2) is 6.32. The number of carbonyl (C=O) groups is 1. The fourth-order valence-electron chi connectivity index (χ4n) is 2.52. The van der Waals surface area contributed by atoms with Crippen molar-refractivity contribution in [2.24, 2.45) is 0 Å². The van der Waals surface area contributed by atoms with Crippen LogP contribution in [0.2, 0.25) is 0 Å². The summed E-state index contributed by atoms with van der Waals surface area (Å²) in [4.78, 5) is 12.2. The first-order valence-corrected chi connectivity index (χ1v) is 7.32. The van der Waals surface area contributed by atoms with Gasteiger partial charge in [0, 0.05) is 5.56 Å². The van der Waals surface area contributed by atoms with Crippen LogP contribution in [0.3, 0.4) is 0 Å². The Morgan fingerprint density at radius 2 is 1.50 bits per heavy atom. The number of allylic oxidation sites excluding steroid dienone is 1. The summed E-state index contributed by atoms with van der Waals surface area (Å²) in [5.74, 6) is -0.670. The number of hydrogen-bond donors (Lipinski definition) is 0. The van der Waals surface area contributed by atoms with Gasteiger partial charge in [-0.15, -0.1) is 0 Å². The van der Waals surface area contributed by atoms with Crippen LogP contribution in [0.4, 0.5) is 13.2 Å². The van der Waals surface area contributed by atoms with Crippen molar-refractivity contribution in [2.75, 3.05) is 0 Å². The topological polar surface area (TPSA) is 17.1 Å². The normalized spacial score (nSPS) is 12.0. The predicted octanol–water partition coefficient (Wildman–Crippen LogP) is 5.75. The van der Waals surface area contributed by atoms with Crippen LogP contribution in [0, 0.1) is 0 Å². The zero-order valence-corrected chi connectivity index (χ0v) is 12.5. The number of ketones is 1. The molecule has 3 rings (SSSR count). The number of carbonyl (C=O) groups excluding carboxylic acids is 1. The molecule has 0 saturated carbocycles. The van der Waals surface area contributed by atoms with E-state index in [-0.39, 0.29) is 5.56 Å². The third-order valence-corrected chi connectivity index (χ3v) is 3.70. The van der Waals surface area contributed by atoms with Gasteiger partial charge >= 0.3 is 6.18 Å². The molecule has 0 aliphatic rings. The van der Waals surface area contributed by atoms with Crippen LogP contribution in [-0.4, -0.2) is 5.78 Å². The van der Waals surface area contributed by atoms with E-state index in [0.717, 1.165) is 22.4 Å². The molecule has 0 amide bonds.